The summed E-state index contributed by atoms with van der Waals surface area (Å²) in [7, 11) is 0. The zero-order valence-electron chi connectivity index (χ0n) is 12.0. The summed E-state index contributed by atoms with van der Waals surface area (Å²) in [5.74, 6) is 0. The molecule has 4 rings (SSSR count). The van der Waals surface area contributed by atoms with E-state index in [-0.39, 0.29) is 0 Å². The Hall–Kier alpha value is -2.42. The summed E-state index contributed by atoms with van der Waals surface area (Å²) in [6.07, 6.45) is 8.34. The molecule has 1 aliphatic carbocycles. The molecule has 3 aromatic rings. The van der Waals surface area contributed by atoms with Crippen LogP contribution >= 0.6 is 0 Å². The lowest BCUT2D eigenvalue weighted by Gasteiger charge is -2.01. The molecule has 0 aliphatic heterocycles. The summed E-state index contributed by atoms with van der Waals surface area (Å²) in [5, 5.41) is 0. The maximum atomic E-state index is 11.0. The Morgan fingerprint density at radius 2 is 2.00 bits per heavy atom. The van der Waals surface area contributed by atoms with Gasteiger partial charge < -0.3 is 4.40 Å². The molecule has 0 bridgehead atoms. The lowest BCUT2D eigenvalue weighted by atomic mass is 10.0. The molecule has 21 heavy (non-hydrogen) atoms. The molecule has 0 N–H and O–H groups in total. The average Bonchev–Trinajstić information content (AvgIpc) is 3.12. The molecule has 3 nitrogen and oxygen atoms in total. The van der Waals surface area contributed by atoms with E-state index in [2.05, 4.69) is 18.2 Å². The summed E-state index contributed by atoms with van der Waals surface area (Å²) >= 11 is 0. The first-order valence-corrected chi connectivity index (χ1v) is 7.31. The highest BCUT2D eigenvalue weighted by Gasteiger charge is 2.13. The summed E-state index contributed by atoms with van der Waals surface area (Å²) in [4.78, 5) is 15.7. The van der Waals surface area contributed by atoms with Gasteiger partial charge in [0, 0.05) is 23.5 Å². The fourth-order valence-electron chi connectivity index (χ4n) is 3.23. The van der Waals surface area contributed by atoms with Crippen molar-refractivity contribution in [3.63, 3.8) is 0 Å². The largest absolute Gasteiger partial charge is 0.306 e. The predicted molar refractivity (Wildman–Crippen MR) is 82.8 cm³/mol. The molecule has 1 aromatic carbocycles. The van der Waals surface area contributed by atoms with Gasteiger partial charge in [0.15, 0.2) is 6.29 Å². The molecule has 104 valence electrons. The maximum Gasteiger partial charge on any atom is 0.151 e. The van der Waals surface area contributed by atoms with Gasteiger partial charge in [-0.2, -0.15) is 0 Å². The summed E-state index contributed by atoms with van der Waals surface area (Å²) in [6.45, 7) is 1.99. The Morgan fingerprint density at radius 1 is 1.14 bits per heavy atom. The van der Waals surface area contributed by atoms with Crippen LogP contribution in [0.2, 0.25) is 0 Å². The Labute approximate surface area is 123 Å². The number of aldehydes is 1. The highest BCUT2D eigenvalue weighted by atomic mass is 16.1. The normalized spacial score (nSPS) is 13.6. The van der Waals surface area contributed by atoms with Gasteiger partial charge in [0.05, 0.1) is 5.69 Å². The summed E-state index contributed by atoms with van der Waals surface area (Å²) in [6, 6.07) is 8.52. The van der Waals surface area contributed by atoms with Crippen LogP contribution in [0, 0.1) is 6.92 Å². The Balaban J connectivity index is 1.87. The Morgan fingerprint density at radius 3 is 2.86 bits per heavy atom. The van der Waals surface area contributed by atoms with Crippen LogP contribution < -0.4 is 0 Å². The number of pyridine rings is 1. The molecule has 1 aliphatic rings. The number of imidazole rings is 1. The third-order valence-electron chi connectivity index (χ3n) is 4.29. The second-order valence-electron chi connectivity index (χ2n) is 5.77. The van der Waals surface area contributed by atoms with Crippen molar-refractivity contribution in [3.8, 4) is 11.3 Å². The van der Waals surface area contributed by atoms with Gasteiger partial charge in [0.25, 0.3) is 0 Å². The van der Waals surface area contributed by atoms with Gasteiger partial charge in [0.2, 0.25) is 0 Å². The van der Waals surface area contributed by atoms with Crippen LogP contribution in [-0.2, 0) is 12.8 Å². The SMILES string of the molecule is Cc1cc(C=O)cn2cc(-c3ccc4c(c3)CCC4)nc12. The fourth-order valence-corrected chi connectivity index (χ4v) is 3.23. The Kier molecular flexibility index (Phi) is 2.67. The van der Waals surface area contributed by atoms with Gasteiger partial charge in [-0.25, -0.2) is 4.98 Å². The summed E-state index contributed by atoms with van der Waals surface area (Å²) < 4.78 is 1.95. The van der Waals surface area contributed by atoms with Crippen molar-refractivity contribution in [2.24, 2.45) is 0 Å². The van der Waals surface area contributed by atoms with Gasteiger partial charge in [-0.05, 0) is 55.0 Å². The second-order valence-corrected chi connectivity index (χ2v) is 5.77. The number of rotatable bonds is 2. The topological polar surface area (TPSA) is 34.4 Å². The van der Waals surface area contributed by atoms with E-state index in [4.69, 9.17) is 4.98 Å². The van der Waals surface area contributed by atoms with Gasteiger partial charge in [-0.1, -0.05) is 12.1 Å². The number of hydrogen-bond donors (Lipinski definition) is 0. The molecule has 0 atom stereocenters. The molecule has 2 aromatic heterocycles. The zero-order chi connectivity index (χ0) is 14.4. The van der Waals surface area contributed by atoms with Crippen LogP contribution in [0.3, 0.4) is 0 Å². The van der Waals surface area contributed by atoms with Gasteiger partial charge in [-0.15, -0.1) is 0 Å². The molecule has 0 unspecified atom stereocenters. The second kappa shape index (κ2) is 4.55. The number of benzene rings is 1. The monoisotopic (exact) mass is 276 g/mol. The molecular formula is C18H16N2O. The molecule has 0 spiro atoms. The zero-order valence-corrected chi connectivity index (χ0v) is 12.0. The van der Waals surface area contributed by atoms with E-state index < -0.39 is 0 Å². The van der Waals surface area contributed by atoms with E-state index in [0.717, 1.165) is 28.8 Å². The quantitative estimate of drug-likeness (QED) is 0.670. The first kappa shape index (κ1) is 12.3. The number of fused-ring (bicyclic) bond motifs is 2. The third kappa shape index (κ3) is 1.97. The molecule has 0 saturated carbocycles. The van der Waals surface area contributed by atoms with Crippen molar-refractivity contribution >= 4 is 11.9 Å². The van der Waals surface area contributed by atoms with E-state index in [0.29, 0.717) is 5.56 Å². The van der Waals surface area contributed by atoms with Crippen LogP contribution in [-0.4, -0.2) is 15.7 Å². The molecule has 0 saturated heterocycles. The number of aryl methyl sites for hydroxylation is 3. The summed E-state index contributed by atoms with van der Waals surface area (Å²) in [5.41, 5.74) is 7.67. The third-order valence-corrected chi connectivity index (χ3v) is 4.29. The lowest BCUT2D eigenvalue weighted by Crippen LogP contribution is -1.91. The number of carbonyl (C=O) groups excluding carboxylic acids is 1. The van der Waals surface area contributed by atoms with Crippen molar-refractivity contribution < 1.29 is 4.79 Å². The highest BCUT2D eigenvalue weighted by molar-refractivity contribution is 5.76. The standard InChI is InChI=1S/C18H16N2O/c1-12-7-13(11-21)9-20-10-17(19-18(12)20)16-6-5-14-3-2-4-15(14)8-16/h5-11H,2-4H2,1H3. The minimum Gasteiger partial charge on any atom is -0.306 e. The molecule has 3 heteroatoms. The van der Waals surface area contributed by atoms with Crippen molar-refractivity contribution in [1.82, 2.24) is 9.38 Å². The van der Waals surface area contributed by atoms with Gasteiger partial charge >= 0.3 is 0 Å². The maximum absolute atomic E-state index is 11.0. The van der Waals surface area contributed by atoms with Crippen LogP contribution in [0.5, 0.6) is 0 Å². The van der Waals surface area contributed by atoms with Crippen LogP contribution in [0.1, 0.15) is 33.5 Å². The van der Waals surface area contributed by atoms with Crippen LogP contribution in [0.15, 0.2) is 36.7 Å². The van der Waals surface area contributed by atoms with Crippen molar-refractivity contribution in [3.05, 3.63) is 58.9 Å². The first-order valence-electron chi connectivity index (χ1n) is 7.31. The minimum atomic E-state index is 0.679. The number of carbonyl (C=O) groups is 1. The molecule has 2 heterocycles. The highest BCUT2D eigenvalue weighted by Crippen LogP contribution is 2.28. The molecular weight excluding hydrogens is 260 g/mol. The van der Waals surface area contributed by atoms with Crippen LogP contribution in [0.4, 0.5) is 0 Å². The smallest absolute Gasteiger partial charge is 0.151 e. The van der Waals surface area contributed by atoms with Crippen LogP contribution in [0.25, 0.3) is 16.9 Å². The van der Waals surface area contributed by atoms with Crippen molar-refractivity contribution in [2.75, 3.05) is 0 Å². The number of hydrogen-bond acceptors (Lipinski definition) is 2. The van der Waals surface area contributed by atoms with Crippen molar-refractivity contribution in [1.29, 1.82) is 0 Å². The lowest BCUT2D eigenvalue weighted by molar-refractivity contribution is 0.112. The number of nitrogens with zero attached hydrogens (tertiary/aromatic N) is 2. The van der Waals surface area contributed by atoms with E-state index in [1.165, 1.54) is 30.4 Å². The molecule has 0 amide bonds. The molecule has 0 radical (unpaired) electrons. The number of aromatic nitrogens is 2. The predicted octanol–water partition coefficient (Wildman–Crippen LogP) is 3.61. The van der Waals surface area contributed by atoms with Gasteiger partial charge in [-0.3, -0.25) is 4.79 Å². The molecule has 0 fully saturated rings. The van der Waals surface area contributed by atoms with E-state index in [1.807, 2.05) is 29.8 Å². The first-order chi connectivity index (χ1) is 10.2. The average molecular weight is 276 g/mol. The van der Waals surface area contributed by atoms with Gasteiger partial charge in [0.1, 0.15) is 5.65 Å². The van der Waals surface area contributed by atoms with E-state index >= 15 is 0 Å². The van der Waals surface area contributed by atoms with Crippen molar-refractivity contribution in [2.45, 2.75) is 26.2 Å². The Bertz CT molecular complexity index is 861. The van der Waals surface area contributed by atoms with E-state index in [1.54, 1.807) is 0 Å². The fraction of sp³-hybridized carbons (Fsp3) is 0.222. The van der Waals surface area contributed by atoms with E-state index in [9.17, 15) is 4.79 Å². The minimum absolute atomic E-state index is 0.679.